The van der Waals surface area contributed by atoms with E-state index in [2.05, 4.69) is 43.6 Å². The van der Waals surface area contributed by atoms with Gasteiger partial charge in [-0.1, -0.05) is 0 Å². The number of hydrogen-bond acceptors (Lipinski definition) is 3. The molecule has 1 unspecified atom stereocenters. The lowest BCUT2D eigenvalue weighted by Crippen LogP contribution is -2.60. The molecule has 1 rings (SSSR count). The van der Waals surface area contributed by atoms with Crippen LogP contribution in [0.1, 0.15) is 47.0 Å². The van der Waals surface area contributed by atoms with Gasteiger partial charge in [0.05, 0.1) is 0 Å². The molecule has 1 fully saturated rings. The highest BCUT2D eigenvalue weighted by molar-refractivity contribution is 5.47. The van der Waals surface area contributed by atoms with E-state index in [1.54, 1.807) is 0 Å². The first kappa shape index (κ1) is 16.0. The summed E-state index contributed by atoms with van der Waals surface area (Å²) in [4.78, 5) is 21.1. The molecule has 5 nitrogen and oxygen atoms in total. The van der Waals surface area contributed by atoms with Gasteiger partial charge in [-0.05, 0) is 52.9 Å². The highest BCUT2D eigenvalue weighted by Gasteiger charge is 2.40. The van der Waals surface area contributed by atoms with Gasteiger partial charge in [0.1, 0.15) is 0 Å². The van der Waals surface area contributed by atoms with Crippen LogP contribution in [0.3, 0.4) is 0 Å². The predicted molar refractivity (Wildman–Crippen MR) is 75.7 cm³/mol. The molecule has 2 amide bonds. The van der Waals surface area contributed by atoms with Crippen LogP contribution in [0.4, 0.5) is 0 Å². The number of amides is 2. The largest absolute Gasteiger partial charge is 0.359 e. The van der Waals surface area contributed by atoms with Crippen LogP contribution in [-0.4, -0.2) is 36.5 Å². The summed E-state index contributed by atoms with van der Waals surface area (Å²) in [5, 5.41) is 9.23. The summed E-state index contributed by atoms with van der Waals surface area (Å²) in [6.45, 7) is 9.38. The minimum atomic E-state index is 0.0628. The van der Waals surface area contributed by atoms with Crippen LogP contribution in [0.5, 0.6) is 0 Å². The van der Waals surface area contributed by atoms with E-state index in [9.17, 15) is 9.59 Å². The molecular weight excluding hydrogens is 242 g/mol. The van der Waals surface area contributed by atoms with Crippen molar-refractivity contribution in [1.29, 1.82) is 0 Å². The van der Waals surface area contributed by atoms with E-state index < -0.39 is 0 Å². The molecule has 19 heavy (non-hydrogen) atoms. The Bertz CT molecular complexity index is 300. The number of rotatable bonds is 7. The summed E-state index contributed by atoms with van der Waals surface area (Å²) in [5.41, 5.74) is 0.126. The third-order valence-electron chi connectivity index (χ3n) is 3.76. The Labute approximate surface area is 115 Å². The molecular formula is C14H27N3O2. The van der Waals surface area contributed by atoms with Crippen molar-refractivity contribution in [3.8, 4) is 0 Å². The molecule has 110 valence electrons. The first-order valence-corrected chi connectivity index (χ1v) is 6.96. The Kier molecular flexibility index (Phi) is 5.35. The summed E-state index contributed by atoms with van der Waals surface area (Å²) in [5.74, 6) is 0.421. The summed E-state index contributed by atoms with van der Waals surface area (Å²) in [7, 11) is 0. The van der Waals surface area contributed by atoms with Gasteiger partial charge < -0.3 is 16.0 Å². The van der Waals surface area contributed by atoms with Crippen molar-refractivity contribution in [1.82, 2.24) is 16.0 Å². The Hall–Kier alpha value is -1.10. The summed E-state index contributed by atoms with van der Waals surface area (Å²) >= 11 is 0. The van der Waals surface area contributed by atoms with E-state index in [1.807, 2.05) is 0 Å². The van der Waals surface area contributed by atoms with Gasteiger partial charge in [0.2, 0.25) is 12.8 Å². The Morgan fingerprint density at radius 2 is 1.74 bits per heavy atom. The van der Waals surface area contributed by atoms with Crippen molar-refractivity contribution < 1.29 is 9.59 Å². The molecule has 0 aromatic rings. The second kappa shape index (κ2) is 6.37. The monoisotopic (exact) mass is 269 g/mol. The first-order chi connectivity index (χ1) is 8.79. The summed E-state index contributed by atoms with van der Waals surface area (Å²) in [6, 6.07) is 0.116. The minimum absolute atomic E-state index is 0.0628. The lowest BCUT2D eigenvalue weighted by atomic mass is 9.72. The van der Waals surface area contributed by atoms with Gasteiger partial charge in [-0.15, -0.1) is 0 Å². The zero-order valence-electron chi connectivity index (χ0n) is 12.5. The summed E-state index contributed by atoms with van der Waals surface area (Å²) < 4.78 is 0. The third kappa shape index (κ3) is 5.19. The van der Waals surface area contributed by atoms with Crippen LogP contribution >= 0.6 is 0 Å². The molecule has 0 radical (unpaired) electrons. The average molecular weight is 269 g/mol. The fourth-order valence-corrected chi connectivity index (χ4v) is 3.53. The van der Waals surface area contributed by atoms with E-state index in [0.717, 1.165) is 25.7 Å². The molecule has 0 saturated carbocycles. The fraction of sp³-hybridized carbons (Fsp3) is 0.857. The Morgan fingerprint density at radius 3 is 2.21 bits per heavy atom. The number of carbonyl (C=O) groups is 2. The van der Waals surface area contributed by atoms with E-state index in [0.29, 0.717) is 18.9 Å². The smallest absolute Gasteiger partial charge is 0.207 e. The van der Waals surface area contributed by atoms with Crippen LogP contribution in [0.25, 0.3) is 0 Å². The van der Waals surface area contributed by atoms with Gasteiger partial charge in [0, 0.05) is 23.7 Å². The first-order valence-electron chi connectivity index (χ1n) is 6.96. The highest BCUT2D eigenvalue weighted by Crippen LogP contribution is 2.35. The highest BCUT2D eigenvalue weighted by atomic mass is 16.1. The Balaban J connectivity index is 2.70. The molecule has 0 aliphatic carbocycles. The molecule has 3 N–H and O–H groups in total. The normalized spacial score (nSPS) is 23.4. The quantitative estimate of drug-likeness (QED) is 0.473. The van der Waals surface area contributed by atoms with Crippen LogP contribution in [0, 0.1) is 5.92 Å². The second-order valence-corrected chi connectivity index (χ2v) is 6.81. The van der Waals surface area contributed by atoms with Crippen LogP contribution in [0.2, 0.25) is 0 Å². The molecule has 1 aliphatic heterocycles. The molecule has 0 aromatic carbocycles. The van der Waals surface area contributed by atoms with Crippen LogP contribution in [-0.2, 0) is 9.59 Å². The van der Waals surface area contributed by atoms with Crippen LogP contribution in [0.15, 0.2) is 0 Å². The molecule has 0 spiro atoms. The Morgan fingerprint density at radius 1 is 1.16 bits per heavy atom. The van der Waals surface area contributed by atoms with Gasteiger partial charge >= 0.3 is 0 Å². The molecule has 1 aliphatic rings. The van der Waals surface area contributed by atoms with Crippen molar-refractivity contribution in [2.45, 2.75) is 64.1 Å². The van der Waals surface area contributed by atoms with Crippen molar-refractivity contribution in [3.05, 3.63) is 0 Å². The SMILES string of the molecule is CC1(C)CC(C(CCNC=O)NC=O)CC(C)(C)N1. The molecule has 1 heterocycles. The van der Waals surface area contributed by atoms with Gasteiger partial charge in [0.15, 0.2) is 0 Å². The molecule has 0 aromatic heterocycles. The predicted octanol–water partition coefficient (Wildman–Crippen LogP) is 0.794. The topological polar surface area (TPSA) is 70.2 Å². The zero-order valence-corrected chi connectivity index (χ0v) is 12.5. The maximum atomic E-state index is 10.8. The number of carbonyl (C=O) groups excluding carboxylic acids is 2. The van der Waals surface area contributed by atoms with E-state index in [4.69, 9.17) is 0 Å². The fourth-order valence-electron chi connectivity index (χ4n) is 3.53. The number of nitrogens with one attached hydrogen (secondary N) is 3. The van der Waals surface area contributed by atoms with Crippen molar-refractivity contribution in [2.24, 2.45) is 5.92 Å². The van der Waals surface area contributed by atoms with Gasteiger partial charge in [-0.3, -0.25) is 9.59 Å². The van der Waals surface area contributed by atoms with Crippen molar-refractivity contribution in [2.75, 3.05) is 6.54 Å². The van der Waals surface area contributed by atoms with Crippen LogP contribution < -0.4 is 16.0 Å². The summed E-state index contributed by atoms with van der Waals surface area (Å²) in [6.07, 6.45) is 4.28. The van der Waals surface area contributed by atoms with E-state index >= 15 is 0 Å². The molecule has 1 saturated heterocycles. The number of hydrogen-bond donors (Lipinski definition) is 3. The zero-order chi connectivity index (χ0) is 14.5. The second-order valence-electron chi connectivity index (χ2n) is 6.81. The lowest BCUT2D eigenvalue weighted by molar-refractivity contribution is -0.110. The van der Waals surface area contributed by atoms with Gasteiger partial charge in [0.25, 0.3) is 0 Å². The van der Waals surface area contributed by atoms with Crippen molar-refractivity contribution >= 4 is 12.8 Å². The maximum absolute atomic E-state index is 10.8. The average Bonchev–Trinajstić information content (AvgIpc) is 2.24. The molecule has 1 atom stereocenters. The van der Waals surface area contributed by atoms with Gasteiger partial charge in [-0.2, -0.15) is 0 Å². The van der Waals surface area contributed by atoms with Gasteiger partial charge in [-0.25, -0.2) is 0 Å². The third-order valence-corrected chi connectivity index (χ3v) is 3.76. The van der Waals surface area contributed by atoms with Crippen molar-refractivity contribution in [3.63, 3.8) is 0 Å². The van der Waals surface area contributed by atoms with E-state index in [-0.39, 0.29) is 17.1 Å². The minimum Gasteiger partial charge on any atom is -0.359 e. The molecule has 0 bridgehead atoms. The standard InChI is InChI=1S/C14H27N3O2/c1-13(2)7-11(8-14(3,4)17-13)12(16-10-19)5-6-15-9-18/h9-12,17H,5-8H2,1-4H3,(H,15,18)(H,16,19). The van der Waals surface area contributed by atoms with E-state index in [1.165, 1.54) is 0 Å². The molecule has 5 heteroatoms. The number of piperidine rings is 1. The maximum Gasteiger partial charge on any atom is 0.207 e. The lowest BCUT2D eigenvalue weighted by Gasteiger charge is -2.48.